The quantitative estimate of drug-likeness (QED) is 0.794. The summed E-state index contributed by atoms with van der Waals surface area (Å²) in [6.07, 6.45) is 1.70. The summed E-state index contributed by atoms with van der Waals surface area (Å²) >= 11 is 0. The van der Waals surface area contributed by atoms with Crippen LogP contribution in [0.2, 0.25) is 0 Å². The summed E-state index contributed by atoms with van der Waals surface area (Å²) in [5, 5.41) is 2.67. The van der Waals surface area contributed by atoms with E-state index in [2.05, 4.69) is 5.32 Å². The Hall–Kier alpha value is -2.08. The third-order valence-electron chi connectivity index (χ3n) is 3.95. The van der Waals surface area contributed by atoms with Crippen molar-refractivity contribution in [3.63, 3.8) is 0 Å². The standard InChI is InChI=1S/C16H22N2O4/c1-18-8-4-5-12(18)15(19)16(20)17-10-11-6-7-13(21-2)14(9-11)22-3/h6-7,9,12H,4-5,8,10H2,1-3H3,(H,17,20). The van der Waals surface area contributed by atoms with Crippen molar-refractivity contribution >= 4 is 11.7 Å². The molecular weight excluding hydrogens is 284 g/mol. The number of nitrogens with one attached hydrogen (secondary N) is 1. The van der Waals surface area contributed by atoms with Crippen LogP contribution in [0.15, 0.2) is 18.2 Å². The Morgan fingerprint density at radius 2 is 2.00 bits per heavy atom. The Bertz CT molecular complexity index is 559. The second-order valence-electron chi connectivity index (χ2n) is 5.37. The summed E-state index contributed by atoms with van der Waals surface area (Å²) in [5.74, 6) is 0.325. The molecular formula is C16H22N2O4. The first-order valence-electron chi connectivity index (χ1n) is 7.30. The minimum absolute atomic E-state index is 0.279. The molecule has 1 fully saturated rings. The van der Waals surface area contributed by atoms with Gasteiger partial charge in [-0.2, -0.15) is 0 Å². The fourth-order valence-corrected chi connectivity index (χ4v) is 2.65. The number of hydrogen-bond acceptors (Lipinski definition) is 5. The average molecular weight is 306 g/mol. The predicted octanol–water partition coefficient (Wildman–Crippen LogP) is 0.983. The van der Waals surface area contributed by atoms with E-state index in [4.69, 9.17) is 9.47 Å². The fraction of sp³-hybridized carbons (Fsp3) is 0.500. The van der Waals surface area contributed by atoms with Gasteiger partial charge in [0.25, 0.3) is 5.91 Å². The molecule has 1 unspecified atom stereocenters. The van der Waals surface area contributed by atoms with Gasteiger partial charge in [0.05, 0.1) is 20.3 Å². The van der Waals surface area contributed by atoms with E-state index < -0.39 is 5.91 Å². The number of likely N-dealkylation sites (N-methyl/N-ethyl adjacent to an activating group) is 1. The highest BCUT2D eigenvalue weighted by molar-refractivity contribution is 6.38. The van der Waals surface area contributed by atoms with Gasteiger partial charge in [0.2, 0.25) is 5.78 Å². The topological polar surface area (TPSA) is 67.9 Å². The fourth-order valence-electron chi connectivity index (χ4n) is 2.65. The smallest absolute Gasteiger partial charge is 0.289 e. The molecule has 1 aromatic carbocycles. The van der Waals surface area contributed by atoms with E-state index in [1.165, 1.54) is 0 Å². The van der Waals surface area contributed by atoms with Gasteiger partial charge in [0.15, 0.2) is 11.5 Å². The number of carbonyl (C=O) groups excluding carboxylic acids is 2. The number of ketones is 1. The normalized spacial score (nSPS) is 18.0. The third-order valence-corrected chi connectivity index (χ3v) is 3.95. The van der Waals surface area contributed by atoms with E-state index in [0.717, 1.165) is 24.9 Å². The van der Waals surface area contributed by atoms with Crippen molar-refractivity contribution in [3.05, 3.63) is 23.8 Å². The molecule has 2 rings (SSSR count). The van der Waals surface area contributed by atoms with E-state index in [1.54, 1.807) is 26.4 Å². The molecule has 6 nitrogen and oxygen atoms in total. The van der Waals surface area contributed by atoms with E-state index in [0.29, 0.717) is 11.5 Å². The first-order valence-corrected chi connectivity index (χ1v) is 7.30. The number of Topliss-reactive ketones (excluding diaryl/α,β-unsaturated/α-hetero) is 1. The molecule has 1 aliphatic rings. The van der Waals surface area contributed by atoms with Crippen LogP contribution in [0.5, 0.6) is 11.5 Å². The SMILES string of the molecule is COc1ccc(CNC(=O)C(=O)C2CCCN2C)cc1OC. The van der Waals surface area contributed by atoms with Crippen molar-refractivity contribution in [2.45, 2.75) is 25.4 Å². The van der Waals surface area contributed by atoms with Crippen molar-refractivity contribution < 1.29 is 19.1 Å². The number of hydrogen-bond donors (Lipinski definition) is 1. The number of nitrogens with zero attached hydrogens (tertiary/aromatic N) is 1. The van der Waals surface area contributed by atoms with Crippen LogP contribution in [0.4, 0.5) is 0 Å². The monoisotopic (exact) mass is 306 g/mol. The number of amides is 1. The lowest BCUT2D eigenvalue weighted by Crippen LogP contribution is -2.42. The Morgan fingerprint density at radius 3 is 2.59 bits per heavy atom. The molecule has 0 aliphatic carbocycles. The number of rotatable bonds is 6. The Kier molecular flexibility index (Phi) is 5.38. The van der Waals surface area contributed by atoms with Crippen LogP contribution < -0.4 is 14.8 Å². The summed E-state index contributed by atoms with van der Waals surface area (Å²) in [5.41, 5.74) is 0.846. The lowest BCUT2D eigenvalue weighted by Gasteiger charge is -2.17. The van der Waals surface area contributed by atoms with Gasteiger partial charge < -0.3 is 14.8 Å². The first-order chi connectivity index (χ1) is 10.6. The summed E-state index contributed by atoms with van der Waals surface area (Å²) in [4.78, 5) is 26.0. The largest absolute Gasteiger partial charge is 0.493 e. The molecule has 1 aliphatic heterocycles. The zero-order valence-corrected chi connectivity index (χ0v) is 13.2. The van der Waals surface area contributed by atoms with E-state index in [9.17, 15) is 9.59 Å². The van der Waals surface area contributed by atoms with Gasteiger partial charge in [0, 0.05) is 6.54 Å². The lowest BCUT2D eigenvalue weighted by molar-refractivity contribution is -0.140. The molecule has 22 heavy (non-hydrogen) atoms. The first kappa shape index (κ1) is 16.3. The highest BCUT2D eigenvalue weighted by Gasteiger charge is 2.31. The van der Waals surface area contributed by atoms with Crippen LogP contribution in [0, 0.1) is 0 Å². The Labute approximate surface area is 130 Å². The molecule has 0 saturated carbocycles. The molecule has 1 amide bonds. The van der Waals surface area contributed by atoms with Gasteiger partial charge in [-0.25, -0.2) is 0 Å². The maximum Gasteiger partial charge on any atom is 0.289 e. The van der Waals surface area contributed by atoms with Crippen LogP contribution in [0.3, 0.4) is 0 Å². The van der Waals surface area contributed by atoms with Crippen LogP contribution in [0.1, 0.15) is 18.4 Å². The predicted molar refractivity (Wildman–Crippen MR) is 82.1 cm³/mol. The highest BCUT2D eigenvalue weighted by Crippen LogP contribution is 2.27. The van der Waals surface area contributed by atoms with Crippen molar-refractivity contribution in [3.8, 4) is 11.5 Å². The van der Waals surface area contributed by atoms with Crippen molar-refractivity contribution in [2.24, 2.45) is 0 Å². The van der Waals surface area contributed by atoms with E-state index in [-0.39, 0.29) is 18.4 Å². The molecule has 120 valence electrons. The van der Waals surface area contributed by atoms with E-state index >= 15 is 0 Å². The van der Waals surface area contributed by atoms with Crippen molar-refractivity contribution in [1.82, 2.24) is 10.2 Å². The molecule has 1 heterocycles. The maximum absolute atomic E-state index is 12.1. The number of methoxy groups -OCH3 is 2. The zero-order chi connectivity index (χ0) is 16.1. The zero-order valence-electron chi connectivity index (χ0n) is 13.2. The molecule has 0 radical (unpaired) electrons. The minimum Gasteiger partial charge on any atom is -0.493 e. The molecule has 0 aromatic heterocycles. The van der Waals surface area contributed by atoms with Gasteiger partial charge in [-0.3, -0.25) is 14.5 Å². The van der Waals surface area contributed by atoms with Crippen LogP contribution in [-0.4, -0.2) is 50.4 Å². The molecule has 1 aromatic rings. The van der Waals surface area contributed by atoms with Crippen molar-refractivity contribution in [1.29, 1.82) is 0 Å². The van der Waals surface area contributed by atoms with Gasteiger partial charge in [-0.05, 0) is 44.1 Å². The molecule has 6 heteroatoms. The van der Waals surface area contributed by atoms with Gasteiger partial charge >= 0.3 is 0 Å². The molecule has 0 spiro atoms. The van der Waals surface area contributed by atoms with Crippen LogP contribution >= 0.6 is 0 Å². The lowest BCUT2D eigenvalue weighted by atomic mass is 10.1. The van der Waals surface area contributed by atoms with Gasteiger partial charge in [-0.1, -0.05) is 6.07 Å². The maximum atomic E-state index is 12.1. The summed E-state index contributed by atoms with van der Waals surface area (Å²) < 4.78 is 10.4. The van der Waals surface area contributed by atoms with Gasteiger partial charge in [0.1, 0.15) is 0 Å². The second-order valence-corrected chi connectivity index (χ2v) is 5.37. The number of benzene rings is 1. The number of ether oxygens (including phenoxy) is 2. The minimum atomic E-state index is -0.534. The third kappa shape index (κ3) is 3.57. The Morgan fingerprint density at radius 1 is 1.27 bits per heavy atom. The molecule has 1 N–H and O–H groups in total. The summed E-state index contributed by atoms with van der Waals surface area (Å²) in [7, 11) is 4.99. The highest BCUT2D eigenvalue weighted by atomic mass is 16.5. The Balaban J connectivity index is 1.94. The van der Waals surface area contributed by atoms with Gasteiger partial charge in [-0.15, -0.1) is 0 Å². The second kappa shape index (κ2) is 7.26. The molecule has 1 atom stereocenters. The molecule has 0 bridgehead atoms. The van der Waals surface area contributed by atoms with E-state index in [1.807, 2.05) is 18.0 Å². The summed E-state index contributed by atoms with van der Waals surface area (Å²) in [6, 6.07) is 5.09. The van der Waals surface area contributed by atoms with Crippen molar-refractivity contribution in [2.75, 3.05) is 27.8 Å². The average Bonchev–Trinajstić information content (AvgIpc) is 2.97. The number of carbonyl (C=O) groups is 2. The van der Waals surface area contributed by atoms with Crippen LogP contribution in [0.25, 0.3) is 0 Å². The summed E-state index contributed by atoms with van der Waals surface area (Å²) in [6.45, 7) is 1.14. The van der Waals surface area contributed by atoms with Crippen LogP contribution in [-0.2, 0) is 16.1 Å². The number of likely N-dealkylation sites (tertiary alicyclic amines) is 1. The molecule has 1 saturated heterocycles.